The normalized spacial score (nSPS) is 11.8. The number of halogens is 3. The second-order valence-corrected chi connectivity index (χ2v) is 5.07. The highest BCUT2D eigenvalue weighted by Gasteiger charge is 2.31. The van der Waals surface area contributed by atoms with E-state index in [9.17, 15) is 18.0 Å². The van der Waals surface area contributed by atoms with Gasteiger partial charge in [-0.25, -0.2) is 0 Å². The fraction of sp³-hybridized carbons (Fsp3) is 0.385. The Morgan fingerprint density at radius 2 is 1.84 bits per heavy atom. The minimum atomic E-state index is -4.52. The van der Waals surface area contributed by atoms with Crippen molar-refractivity contribution in [2.75, 3.05) is 5.32 Å². The quantitative estimate of drug-likeness (QED) is 0.848. The van der Waals surface area contributed by atoms with Gasteiger partial charge in [-0.3, -0.25) is 4.79 Å². The summed E-state index contributed by atoms with van der Waals surface area (Å²) in [7, 11) is 0. The lowest BCUT2D eigenvalue weighted by Gasteiger charge is -2.18. The largest absolute Gasteiger partial charge is 0.416 e. The number of nitriles is 1. The lowest BCUT2D eigenvalue weighted by Crippen LogP contribution is -2.28. The minimum absolute atomic E-state index is 0.0791. The van der Waals surface area contributed by atoms with E-state index in [1.807, 2.05) is 0 Å². The van der Waals surface area contributed by atoms with Crippen LogP contribution in [0.3, 0.4) is 0 Å². The van der Waals surface area contributed by atoms with Crippen molar-refractivity contribution >= 4 is 11.6 Å². The summed E-state index contributed by atoms with van der Waals surface area (Å²) in [6.07, 6.45) is -4.52. The van der Waals surface area contributed by atoms with Gasteiger partial charge in [0, 0.05) is 5.41 Å². The van der Waals surface area contributed by atoms with Gasteiger partial charge < -0.3 is 5.32 Å². The van der Waals surface area contributed by atoms with Crippen molar-refractivity contribution in [1.29, 1.82) is 5.26 Å². The Balaban J connectivity index is 3.12. The summed E-state index contributed by atoms with van der Waals surface area (Å²) < 4.78 is 37.5. The van der Waals surface area contributed by atoms with E-state index in [0.29, 0.717) is 0 Å². The zero-order chi connectivity index (χ0) is 14.8. The molecule has 1 N–H and O–H groups in total. The summed E-state index contributed by atoms with van der Waals surface area (Å²) in [5.74, 6) is -0.372. The van der Waals surface area contributed by atoms with E-state index < -0.39 is 17.2 Å². The van der Waals surface area contributed by atoms with Crippen LogP contribution in [0.1, 0.15) is 31.9 Å². The van der Waals surface area contributed by atoms with Crippen LogP contribution in [0.25, 0.3) is 0 Å². The van der Waals surface area contributed by atoms with Crippen molar-refractivity contribution in [1.82, 2.24) is 0 Å². The first-order valence-electron chi connectivity index (χ1n) is 5.48. The van der Waals surface area contributed by atoms with Crippen LogP contribution >= 0.6 is 0 Å². The van der Waals surface area contributed by atoms with Crippen LogP contribution in [0.4, 0.5) is 18.9 Å². The molecule has 0 aliphatic rings. The van der Waals surface area contributed by atoms with Crippen molar-refractivity contribution in [3.8, 4) is 6.07 Å². The zero-order valence-corrected chi connectivity index (χ0v) is 10.7. The fourth-order valence-electron chi connectivity index (χ4n) is 1.23. The van der Waals surface area contributed by atoms with Crippen molar-refractivity contribution < 1.29 is 18.0 Å². The number of hydrogen-bond acceptors (Lipinski definition) is 2. The summed E-state index contributed by atoms with van der Waals surface area (Å²) in [6.45, 7) is 5.00. The van der Waals surface area contributed by atoms with E-state index in [1.54, 1.807) is 26.8 Å². The third kappa shape index (κ3) is 3.71. The molecule has 6 heteroatoms. The molecule has 0 aliphatic carbocycles. The predicted molar refractivity (Wildman–Crippen MR) is 64.2 cm³/mol. The average Bonchev–Trinajstić information content (AvgIpc) is 2.26. The molecule has 0 saturated carbocycles. The van der Waals surface area contributed by atoms with E-state index in [4.69, 9.17) is 5.26 Å². The van der Waals surface area contributed by atoms with E-state index >= 15 is 0 Å². The first-order chi connectivity index (χ1) is 8.55. The Morgan fingerprint density at radius 1 is 1.26 bits per heavy atom. The highest BCUT2D eigenvalue weighted by atomic mass is 19.4. The van der Waals surface area contributed by atoms with Gasteiger partial charge in [-0.05, 0) is 18.2 Å². The van der Waals surface area contributed by atoms with Gasteiger partial charge in [0.15, 0.2) is 0 Å². The highest BCUT2D eigenvalue weighted by Crippen LogP contribution is 2.32. The topological polar surface area (TPSA) is 52.9 Å². The summed E-state index contributed by atoms with van der Waals surface area (Å²) in [4.78, 5) is 11.7. The molecule has 0 fully saturated rings. The van der Waals surface area contributed by atoms with Crippen LogP contribution in [-0.2, 0) is 11.0 Å². The van der Waals surface area contributed by atoms with Crippen LogP contribution in [0.15, 0.2) is 18.2 Å². The van der Waals surface area contributed by atoms with Crippen molar-refractivity contribution in [2.24, 2.45) is 5.41 Å². The average molecular weight is 270 g/mol. The van der Waals surface area contributed by atoms with Gasteiger partial charge in [0.2, 0.25) is 5.91 Å². The number of alkyl halides is 3. The molecule has 0 atom stereocenters. The van der Waals surface area contributed by atoms with Crippen LogP contribution in [0.2, 0.25) is 0 Å². The first kappa shape index (κ1) is 15.0. The number of carbonyl (C=O) groups excluding carboxylic acids is 1. The van der Waals surface area contributed by atoms with Gasteiger partial charge in [0.25, 0.3) is 0 Å². The number of hydrogen-bond donors (Lipinski definition) is 1. The van der Waals surface area contributed by atoms with Crippen molar-refractivity contribution in [3.05, 3.63) is 29.3 Å². The molecule has 1 amide bonds. The maximum absolute atomic E-state index is 12.5. The van der Waals surface area contributed by atoms with E-state index in [-0.39, 0.29) is 17.2 Å². The summed E-state index contributed by atoms with van der Waals surface area (Å²) in [5, 5.41) is 11.3. The molecule has 0 heterocycles. The summed E-state index contributed by atoms with van der Waals surface area (Å²) >= 11 is 0. The number of amides is 1. The fourth-order valence-corrected chi connectivity index (χ4v) is 1.23. The third-order valence-corrected chi connectivity index (χ3v) is 2.40. The number of rotatable bonds is 1. The van der Waals surface area contributed by atoms with Gasteiger partial charge in [-0.2, -0.15) is 18.4 Å². The molecular weight excluding hydrogens is 257 g/mol. The predicted octanol–water partition coefficient (Wildman–Crippen LogP) is 3.56. The number of nitrogens with one attached hydrogen (secondary N) is 1. The maximum atomic E-state index is 12.5. The van der Waals surface area contributed by atoms with Crippen LogP contribution in [0.5, 0.6) is 0 Å². The summed E-state index contributed by atoms with van der Waals surface area (Å²) in [5.41, 5.74) is -1.75. The molecule has 0 spiro atoms. The molecular formula is C13H13F3N2O. The van der Waals surface area contributed by atoms with Gasteiger partial charge in [0.05, 0.1) is 16.8 Å². The second-order valence-electron chi connectivity index (χ2n) is 5.07. The van der Waals surface area contributed by atoms with Crippen LogP contribution in [-0.4, -0.2) is 5.91 Å². The van der Waals surface area contributed by atoms with E-state index in [1.165, 1.54) is 0 Å². The molecule has 102 valence electrons. The van der Waals surface area contributed by atoms with Gasteiger partial charge >= 0.3 is 6.18 Å². The molecule has 1 rings (SSSR count). The Labute approximate surface area is 109 Å². The Kier molecular flexibility index (Phi) is 3.89. The number of benzene rings is 1. The zero-order valence-electron chi connectivity index (χ0n) is 10.7. The molecule has 0 saturated heterocycles. The Bertz CT molecular complexity index is 536. The van der Waals surface area contributed by atoms with Crippen LogP contribution < -0.4 is 5.32 Å². The SMILES string of the molecule is CC(C)(C)C(=O)Nc1ccc(C(F)(F)F)cc1C#N. The minimum Gasteiger partial charge on any atom is -0.324 e. The number of anilines is 1. The van der Waals surface area contributed by atoms with E-state index in [2.05, 4.69) is 5.32 Å². The van der Waals surface area contributed by atoms with Crippen molar-refractivity contribution in [2.45, 2.75) is 26.9 Å². The standard InChI is InChI=1S/C13H13F3N2O/c1-12(2,3)11(19)18-10-5-4-9(13(14,15)16)6-8(10)7-17/h4-6H,1-3H3,(H,18,19). The summed E-state index contributed by atoms with van der Waals surface area (Å²) in [6, 6.07) is 4.29. The Morgan fingerprint density at radius 3 is 2.26 bits per heavy atom. The molecule has 0 aromatic heterocycles. The number of carbonyl (C=O) groups is 1. The monoisotopic (exact) mass is 270 g/mol. The molecule has 1 aromatic carbocycles. The maximum Gasteiger partial charge on any atom is 0.416 e. The molecule has 0 aliphatic heterocycles. The number of nitrogens with zero attached hydrogens (tertiary/aromatic N) is 1. The lowest BCUT2D eigenvalue weighted by molar-refractivity contribution is -0.137. The third-order valence-electron chi connectivity index (χ3n) is 2.40. The van der Waals surface area contributed by atoms with Gasteiger partial charge in [-0.15, -0.1) is 0 Å². The van der Waals surface area contributed by atoms with E-state index in [0.717, 1.165) is 18.2 Å². The molecule has 3 nitrogen and oxygen atoms in total. The van der Waals surface area contributed by atoms with Crippen molar-refractivity contribution in [3.63, 3.8) is 0 Å². The second kappa shape index (κ2) is 4.92. The molecule has 1 aromatic rings. The highest BCUT2D eigenvalue weighted by molar-refractivity contribution is 5.95. The molecule has 0 bridgehead atoms. The van der Waals surface area contributed by atoms with Gasteiger partial charge in [-0.1, -0.05) is 20.8 Å². The molecule has 0 unspecified atom stereocenters. The molecule has 19 heavy (non-hydrogen) atoms. The lowest BCUT2D eigenvalue weighted by atomic mass is 9.95. The van der Waals surface area contributed by atoms with Gasteiger partial charge in [0.1, 0.15) is 6.07 Å². The first-order valence-corrected chi connectivity index (χ1v) is 5.48. The van der Waals surface area contributed by atoms with Crippen LogP contribution in [0, 0.1) is 16.7 Å². The Hall–Kier alpha value is -2.03. The smallest absolute Gasteiger partial charge is 0.324 e. The molecule has 0 radical (unpaired) electrons.